The summed E-state index contributed by atoms with van der Waals surface area (Å²) in [6.07, 6.45) is 0. The van der Waals surface area contributed by atoms with E-state index >= 15 is 0 Å². The molecule has 0 aliphatic carbocycles. The highest BCUT2D eigenvalue weighted by Crippen LogP contribution is 2.43. The van der Waals surface area contributed by atoms with Crippen LogP contribution in [0.5, 0.6) is 0 Å². The lowest BCUT2D eigenvalue weighted by Crippen LogP contribution is -2.09. The third-order valence-electron chi connectivity index (χ3n) is 9.68. The zero-order chi connectivity index (χ0) is 32.3. The van der Waals surface area contributed by atoms with Gasteiger partial charge in [0.05, 0.1) is 0 Å². The molecule has 0 saturated carbocycles. The van der Waals surface area contributed by atoms with E-state index in [4.69, 9.17) is 4.42 Å². The molecule has 0 atom stereocenters. The molecular weight excluding hydrogens is 615 g/mol. The molecular formula is C46H29NOS. The van der Waals surface area contributed by atoms with Crippen LogP contribution in [0.1, 0.15) is 0 Å². The maximum atomic E-state index is 6.48. The van der Waals surface area contributed by atoms with E-state index in [0.717, 1.165) is 44.4 Å². The first-order chi connectivity index (χ1) is 24.3. The first kappa shape index (κ1) is 27.9. The van der Waals surface area contributed by atoms with E-state index in [2.05, 4.69) is 181 Å². The minimum atomic E-state index is 0.890. The number of furan rings is 1. The predicted octanol–water partition coefficient (Wildman–Crippen LogP) is 13.9. The summed E-state index contributed by atoms with van der Waals surface area (Å²) in [6, 6.07) is 63.2. The Morgan fingerprint density at radius 1 is 0.408 bits per heavy atom. The normalized spacial score (nSPS) is 11.7. The minimum absolute atomic E-state index is 0.890. The molecule has 0 unspecified atom stereocenters. The predicted molar refractivity (Wildman–Crippen MR) is 210 cm³/mol. The van der Waals surface area contributed by atoms with Crippen LogP contribution in [0.25, 0.3) is 75.1 Å². The van der Waals surface area contributed by atoms with E-state index in [1.165, 1.54) is 47.8 Å². The van der Waals surface area contributed by atoms with Crippen LogP contribution in [-0.2, 0) is 0 Å². The average Bonchev–Trinajstić information content (AvgIpc) is 3.75. The highest BCUT2D eigenvalue weighted by molar-refractivity contribution is 7.26. The summed E-state index contributed by atoms with van der Waals surface area (Å²) in [5.41, 5.74) is 9.97. The molecule has 2 aromatic heterocycles. The van der Waals surface area contributed by atoms with E-state index in [-0.39, 0.29) is 0 Å². The Hall–Kier alpha value is -6.16. The molecule has 3 heteroatoms. The van der Waals surface area contributed by atoms with Crippen LogP contribution in [0.2, 0.25) is 0 Å². The van der Waals surface area contributed by atoms with Crippen LogP contribution < -0.4 is 4.90 Å². The maximum absolute atomic E-state index is 6.48. The minimum Gasteiger partial charge on any atom is -0.455 e. The van der Waals surface area contributed by atoms with Crippen molar-refractivity contribution in [3.8, 4) is 22.3 Å². The Morgan fingerprint density at radius 3 is 1.88 bits per heavy atom. The van der Waals surface area contributed by atoms with Gasteiger partial charge in [0.15, 0.2) is 0 Å². The lowest BCUT2D eigenvalue weighted by Gasteiger charge is -2.26. The molecule has 0 radical (unpaired) electrons. The third kappa shape index (κ3) is 4.62. The molecule has 8 aromatic carbocycles. The van der Waals surface area contributed by atoms with Crippen molar-refractivity contribution in [2.24, 2.45) is 0 Å². The van der Waals surface area contributed by atoms with Gasteiger partial charge in [-0.3, -0.25) is 0 Å². The highest BCUT2D eigenvalue weighted by Gasteiger charge is 2.18. The van der Waals surface area contributed by atoms with Crippen molar-refractivity contribution in [3.05, 3.63) is 176 Å². The number of nitrogens with zero attached hydrogens (tertiary/aromatic N) is 1. The number of fused-ring (bicyclic) bond motifs is 8. The zero-order valence-corrected chi connectivity index (χ0v) is 27.3. The summed E-state index contributed by atoms with van der Waals surface area (Å²) < 4.78 is 9.13. The third-order valence-corrected chi connectivity index (χ3v) is 10.9. The van der Waals surface area contributed by atoms with Gasteiger partial charge in [-0.15, -0.1) is 11.3 Å². The number of rotatable bonds is 5. The number of benzene rings is 8. The molecule has 10 aromatic rings. The Labute approximate surface area is 287 Å². The number of thiophene rings is 1. The van der Waals surface area contributed by atoms with Crippen molar-refractivity contribution in [1.82, 2.24) is 0 Å². The molecule has 0 spiro atoms. The molecule has 0 aliphatic rings. The van der Waals surface area contributed by atoms with Crippen LogP contribution in [-0.4, -0.2) is 0 Å². The van der Waals surface area contributed by atoms with Crippen molar-refractivity contribution in [2.75, 3.05) is 4.90 Å². The van der Waals surface area contributed by atoms with Gasteiger partial charge >= 0.3 is 0 Å². The van der Waals surface area contributed by atoms with E-state index in [1.807, 2.05) is 11.3 Å². The smallest absolute Gasteiger partial charge is 0.143 e. The second kappa shape index (κ2) is 11.2. The van der Waals surface area contributed by atoms with Crippen molar-refractivity contribution in [2.45, 2.75) is 0 Å². The Bertz CT molecular complexity index is 2810. The van der Waals surface area contributed by atoms with Gasteiger partial charge < -0.3 is 9.32 Å². The SMILES string of the molecule is c1ccc(-c2ccc(N(c3ccc(-c4cccc5c4sc4ccccc45)cc3)c3ccc4oc5c6ccccc6ccc5c4c3)cc2)cc1. The maximum Gasteiger partial charge on any atom is 0.143 e. The summed E-state index contributed by atoms with van der Waals surface area (Å²) in [5, 5.41) is 7.19. The van der Waals surface area contributed by atoms with Crippen LogP contribution in [0.3, 0.4) is 0 Å². The quantitative estimate of drug-likeness (QED) is 0.186. The van der Waals surface area contributed by atoms with Crippen LogP contribution in [0, 0.1) is 0 Å². The monoisotopic (exact) mass is 643 g/mol. The van der Waals surface area contributed by atoms with Gasteiger partial charge in [-0.05, 0) is 82.2 Å². The summed E-state index contributed by atoms with van der Waals surface area (Å²) in [6.45, 7) is 0. The Morgan fingerprint density at radius 2 is 1.06 bits per heavy atom. The second-order valence-corrected chi connectivity index (χ2v) is 13.6. The van der Waals surface area contributed by atoms with Gasteiger partial charge in [-0.1, -0.05) is 121 Å². The molecule has 0 bridgehead atoms. The molecule has 0 saturated heterocycles. The number of anilines is 3. The molecule has 0 fully saturated rings. The average molecular weight is 644 g/mol. The summed E-state index contributed by atoms with van der Waals surface area (Å²) >= 11 is 1.87. The molecule has 230 valence electrons. The molecule has 0 aliphatic heterocycles. The van der Waals surface area contributed by atoms with Crippen LogP contribution in [0.15, 0.2) is 180 Å². The molecule has 0 N–H and O–H groups in total. The highest BCUT2D eigenvalue weighted by atomic mass is 32.1. The molecule has 2 heterocycles. The van der Waals surface area contributed by atoms with Gasteiger partial charge in [0, 0.05) is 53.4 Å². The van der Waals surface area contributed by atoms with Crippen molar-refractivity contribution >= 4 is 81.3 Å². The first-order valence-electron chi connectivity index (χ1n) is 16.6. The topological polar surface area (TPSA) is 16.4 Å². The van der Waals surface area contributed by atoms with Crippen molar-refractivity contribution < 1.29 is 4.42 Å². The lowest BCUT2D eigenvalue weighted by atomic mass is 10.0. The molecule has 0 amide bonds. The van der Waals surface area contributed by atoms with Gasteiger partial charge in [0.25, 0.3) is 0 Å². The Balaban J connectivity index is 1.11. The van der Waals surface area contributed by atoms with E-state index in [0.29, 0.717) is 0 Å². The number of hydrogen-bond acceptors (Lipinski definition) is 3. The standard InChI is InChI=1S/C46H29NOS/c1-2-9-30(10-3-1)31-17-22-34(23-18-31)47(36-26-28-43-42(29-36)40-27-21-32-11-4-5-12-37(32)45(40)48-43)35-24-19-33(20-25-35)38-14-8-15-41-39-13-6-7-16-44(39)49-46(38)41/h1-29H. The van der Waals surface area contributed by atoms with Crippen LogP contribution >= 0.6 is 11.3 Å². The zero-order valence-electron chi connectivity index (χ0n) is 26.5. The van der Waals surface area contributed by atoms with Crippen molar-refractivity contribution in [3.63, 3.8) is 0 Å². The summed E-state index contributed by atoms with van der Waals surface area (Å²) in [7, 11) is 0. The van der Waals surface area contributed by atoms with Crippen LogP contribution in [0.4, 0.5) is 17.1 Å². The number of hydrogen-bond donors (Lipinski definition) is 0. The molecule has 2 nitrogen and oxygen atoms in total. The van der Waals surface area contributed by atoms with Gasteiger partial charge in [-0.25, -0.2) is 0 Å². The fourth-order valence-corrected chi connectivity index (χ4v) is 8.52. The fraction of sp³-hybridized carbons (Fsp3) is 0. The Kier molecular flexibility index (Phi) is 6.39. The lowest BCUT2D eigenvalue weighted by molar-refractivity contribution is 0.672. The second-order valence-electron chi connectivity index (χ2n) is 12.5. The molecule has 49 heavy (non-hydrogen) atoms. The van der Waals surface area contributed by atoms with E-state index in [1.54, 1.807) is 0 Å². The fourth-order valence-electron chi connectivity index (χ4n) is 7.28. The van der Waals surface area contributed by atoms with Gasteiger partial charge in [0.2, 0.25) is 0 Å². The summed E-state index contributed by atoms with van der Waals surface area (Å²) in [5.74, 6) is 0. The van der Waals surface area contributed by atoms with Gasteiger partial charge in [0.1, 0.15) is 11.2 Å². The molecule has 10 rings (SSSR count). The van der Waals surface area contributed by atoms with Crippen molar-refractivity contribution in [1.29, 1.82) is 0 Å². The van der Waals surface area contributed by atoms with E-state index in [9.17, 15) is 0 Å². The van der Waals surface area contributed by atoms with Gasteiger partial charge in [-0.2, -0.15) is 0 Å². The summed E-state index contributed by atoms with van der Waals surface area (Å²) in [4.78, 5) is 2.35. The van der Waals surface area contributed by atoms with E-state index < -0.39 is 0 Å². The largest absolute Gasteiger partial charge is 0.455 e. The first-order valence-corrected chi connectivity index (χ1v) is 17.4.